The molecule has 2 atom stereocenters. The first-order chi connectivity index (χ1) is 33.6. The summed E-state index contributed by atoms with van der Waals surface area (Å²) in [6.07, 6.45) is 8.31. The lowest BCUT2D eigenvalue weighted by Crippen LogP contribution is -2.52. The van der Waals surface area contributed by atoms with Gasteiger partial charge in [0, 0.05) is 73.9 Å². The Labute approximate surface area is 401 Å². The minimum Gasteiger partial charge on any atom is -0.494 e. The molecular weight excluding hydrogens is 885 g/mol. The van der Waals surface area contributed by atoms with E-state index in [9.17, 15) is 24.0 Å². The molecule has 1 saturated heterocycles. The van der Waals surface area contributed by atoms with E-state index in [1.807, 2.05) is 61.0 Å². The van der Waals surface area contributed by atoms with E-state index in [4.69, 9.17) is 18.9 Å². The van der Waals surface area contributed by atoms with Gasteiger partial charge in [-0.3, -0.25) is 29.3 Å². The third-order valence-corrected chi connectivity index (χ3v) is 11.8. The van der Waals surface area contributed by atoms with Gasteiger partial charge in [0.1, 0.15) is 23.8 Å². The van der Waals surface area contributed by atoms with Crippen molar-refractivity contribution in [3.05, 3.63) is 113 Å². The molecule has 0 bridgehead atoms. The van der Waals surface area contributed by atoms with Crippen LogP contribution in [0, 0.1) is 0 Å². The molecule has 1 fully saturated rings. The Morgan fingerprint density at radius 1 is 0.841 bits per heavy atom. The fourth-order valence-electron chi connectivity index (χ4n) is 7.97. The van der Waals surface area contributed by atoms with Crippen LogP contribution in [0.4, 0.5) is 11.4 Å². The third-order valence-electron chi connectivity index (χ3n) is 11.8. The van der Waals surface area contributed by atoms with E-state index in [1.165, 1.54) is 11.2 Å². The predicted octanol–water partition coefficient (Wildman–Crippen LogP) is 5.54. The smallest absolute Gasteiger partial charge is 0.255 e. The molecule has 0 radical (unpaired) electrons. The number of hydrogen-bond acceptors (Lipinski definition) is 14. The zero-order valence-corrected chi connectivity index (χ0v) is 39.1. The van der Waals surface area contributed by atoms with Crippen molar-refractivity contribution in [1.29, 1.82) is 0 Å². The largest absolute Gasteiger partial charge is 0.494 e. The van der Waals surface area contributed by atoms with Crippen molar-refractivity contribution < 1.29 is 42.9 Å². The number of carbonyl (C=O) groups is 5. The second kappa shape index (κ2) is 25.3. The van der Waals surface area contributed by atoms with Crippen LogP contribution in [0.1, 0.15) is 102 Å². The molecule has 2 aliphatic heterocycles. The van der Waals surface area contributed by atoms with E-state index in [1.54, 1.807) is 36.5 Å². The Hall–Kier alpha value is -7.09. The zero-order chi connectivity index (χ0) is 48.4. The first-order valence-electron chi connectivity index (χ1n) is 23.5. The number of unbranched alkanes of at least 4 members (excludes halogenated alkanes) is 3. The average Bonchev–Trinajstić information content (AvgIpc) is 3.90. The number of benzene rings is 3. The predicted molar refractivity (Wildman–Crippen MR) is 255 cm³/mol. The van der Waals surface area contributed by atoms with Crippen molar-refractivity contribution in [3.8, 4) is 17.3 Å². The van der Waals surface area contributed by atoms with Crippen molar-refractivity contribution in [2.45, 2.75) is 83.5 Å². The molecule has 7 rings (SSSR count). The highest BCUT2D eigenvalue weighted by atomic mass is 16.5. The normalized spacial score (nSPS) is 14.8. The van der Waals surface area contributed by atoms with Gasteiger partial charge in [0.05, 0.1) is 45.6 Å². The molecule has 364 valence electrons. The van der Waals surface area contributed by atoms with Gasteiger partial charge in [0.15, 0.2) is 11.6 Å². The molecule has 4 heterocycles. The van der Waals surface area contributed by atoms with Crippen LogP contribution in [-0.4, -0.2) is 111 Å². The molecule has 5 amide bonds. The Morgan fingerprint density at radius 3 is 2.33 bits per heavy atom. The van der Waals surface area contributed by atoms with Gasteiger partial charge in [-0.2, -0.15) is 0 Å². The van der Waals surface area contributed by atoms with Crippen molar-refractivity contribution >= 4 is 40.9 Å². The number of amides is 5. The maximum atomic E-state index is 13.2. The minimum atomic E-state index is -0.716. The summed E-state index contributed by atoms with van der Waals surface area (Å²) in [5.74, 6) is 0.682. The molecule has 3 aromatic carbocycles. The Morgan fingerprint density at radius 2 is 1.58 bits per heavy atom. The number of rotatable bonds is 27. The van der Waals surface area contributed by atoms with Gasteiger partial charge in [0.2, 0.25) is 17.7 Å². The topological polar surface area (TPSA) is 230 Å². The van der Waals surface area contributed by atoms with Crippen LogP contribution in [0.2, 0.25) is 0 Å². The van der Waals surface area contributed by atoms with Gasteiger partial charge in [-0.15, -0.1) is 10.2 Å². The summed E-state index contributed by atoms with van der Waals surface area (Å²) < 4.78 is 24.8. The summed E-state index contributed by atoms with van der Waals surface area (Å²) in [4.78, 5) is 72.5. The summed E-state index contributed by atoms with van der Waals surface area (Å²) in [5.41, 5.74) is 4.64. The van der Waals surface area contributed by atoms with Gasteiger partial charge < -0.3 is 44.4 Å². The van der Waals surface area contributed by atoms with Crippen molar-refractivity contribution in [3.63, 3.8) is 0 Å². The number of anilines is 2. The van der Waals surface area contributed by atoms with Gasteiger partial charge in [-0.25, -0.2) is 9.97 Å². The number of aromatic nitrogens is 5. The van der Waals surface area contributed by atoms with Gasteiger partial charge >= 0.3 is 0 Å². The molecule has 1 unspecified atom stereocenters. The van der Waals surface area contributed by atoms with Crippen LogP contribution >= 0.6 is 0 Å². The summed E-state index contributed by atoms with van der Waals surface area (Å²) in [6.45, 7) is 6.06. The summed E-state index contributed by atoms with van der Waals surface area (Å²) in [6, 6.07) is 21.1. The number of nitrogens with zero attached hydrogens (tertiary/aromatic N) is 6. The first-order valence-corrected chi connectivity index (χ1v) is 23.5. The van der Waals surface area contributed by atoms with E-state index < -0.39 is 11.9 Å². The van der Waals surface area contributed by atoms with Gasteiger partial charge in [-0.05, 0) is 93.1 Å². The number of imide groups is 1. The maximum Gasteiger partial charge on any atom is 0.255 e. The number of carbonyl (C=O) groups excluding carboxylic acids is 5. The molecular formula is C50H60N10O9. The van der Waals surface area contributed by atoms with Crippen LogP contribution in [-0.2, 0) is 48.7 Å². The second-order valence-electron chi connectivity index (χ2n) is 16.8. The van der Waals surface area contributed by atoms with Crippen LogP contribution < -0.4 is 26.0 Å². The van der Waals surface area contributed by atoms with E-state index in [-0.39, 0.29) is 55.5 Å². The first kappa shape index (κ1) is 49.8. The molecule has 0 spiro atoms. The molecule has 19 nitrogen and oxygen atoms in total. The SMILES string of the molecule is C[C@@H](NC(=O)c1cccc(NCc2nnc(-c3ccncn3)n2C)c1)c1ccc(OCCCCCCOCCOCCOCCCC(=O)Nc2cccc3c2CN(C2CCC(=O)NC2=O)C3=O)cc1. The number of nitrogens with one attached hydrogen (secondary N) is 4. The van der Waals surface area contributed by atoms with Crippen LogP contribution in [0.25, 0.3) is 11.5 Å². The molecule has 4 N–H and O–H groups in total. The monoisotopic (exact) mass is 944 g/mol. The molecule has 0 aliphatic carbocycles. The van der Waals surface area contributed by atoms with Crippen molar-refractivity contribution in [1.82, 2.24) is 40.3 Å². The lowest BCUT2D eigenvalue weighted by Gasteiger charge is -2.29. The standard InChI is InChI=1S/C50H60N10O9/c1-34(54-48(63)36-10-7-11-37(30-36)52-31-44-57-58-47(59(44)2)42-21-22-51-33-53-42)35-15-17-38(18-16-35)69-25-6-4-3-5-23-66-26-28-68-29-27-67-24-9-14-45(61)55-41-13-8-12-39-40(41)32-60(50(39)65)43-19-20-46(62)56-49(43)64/h7-8,10-13,15-18,21-22,30,33-34,43,52H,3-6,9,14,19-20,23-29,31-32H2,1-2H3,(H,54,63)(H,55,61)(H,56,62,64)/t34-,43?/m1/s1. The van der Waals surface area contributed by atoms with E-state index in [0.29, 0.717) is 93.1 Å². The fraction of sp³-hybridized carbons (Fsp3) is 0.420. The van der Waals surface area contributed by atoms with E-state index >= 15 is 0 Å². The second-order valence-corrected chi connectivity index (χ2v) is 16.8. The number of hydrogen-bond donors (Lipinski definition) is 4. The maximum absolute atomic E-state index is 13.2. The molecule has 5 aromatic rings. The fourth-order valence-corrected chi connectivity index (χ4v) is 7.97. The van der Waals surface area contributed by atoms with Gasteiger partial charge in [-0.1, -0.05) is 30.7 Å². The lowest BCUT2D eigenvalue weighted by molar-refractivity contribution is -0.137. The summed E-state index contributed by atoms with van der Waals surface area (Å²) in [5, 5.41) is 20.2. The van der Waals surface area contributed by atoms with Crippen molar-refractivity contribution in [2.75, 3.05) is 56.9 Å². The number of piperidine rings is 1. The van der Waals surface area contributed by atoms with Gasteiger partial charge in [0.25, 0.3) is 11.8 Å². The minimum absolute atomic E-state index is 0.175. The quantitative estimate of drug-likeness (QED) is 0.0374. The third kappa shape index (κ3) is 14.2. The van der Waals surface area contributed by atoms with E-state index in [2.05, 4.69) is 41.4 Å². The molecule has 2 aliphatic rings. The van der Waals surface area contributed by atoms with Crippen molar-refractivity contribution in [2.24, 2.45) is 7.05 Å². The Kier molecular flexibility index (Phi) is 18.3. The van der Waals surface area contributed by atoms with Crippen LogP contribution in [0.5, 0.6) is 5.75 Å². The number of ether oxygens (including phenoxy) is 4. The highest BCUT2D eigenvalue weighted by Crippen LogP contribution is 2.32. The molecule has 69 heavy (non-hydrogen) atoms. The van der Waals surface area contributed by atoms with Crippen LogP contribution in [0.15, 0.2) is 85.3 Å². The van der Waals surface area contributed by atoms with Crippen LogP contribution in [0.3, 0.4) is 0 Å². The zero-order valence-electron chi connectivity index (χ0n) is 39.1. The summed E-state index contributed by atoms with van der Waals surface area (Å²) >= 11 is 0. The number of fused-ring (bicyclic) bond motifs is 1. The Balaban J connectivity index is 0.664. The lowest BCUT2D eigenvalue weighted by atomic mass is 10.0. The highest BCUT2D eigenvalue weighted by Gasteiger charge is 2.40. The average molecular weight is 945 g/mol. The Bertz CT molecular complexity index is 2520. The van der Waals surface area contributed by atoms with E-state index in [0.717, 1.165) is 48.5 Å². The molecule has 0 saturated carbocycles. The summed E-state index contributed by atoms with van der Waals surface area (Å²) in [7, 11) is 1.88. The molecule has 19 heteroatoms. The highest BCUT2D eigenvalue weighted by molar-refractivity contribution is 6.06. The molecule has 2 aromatic heterocycles.